The van der Waals surface area contributed by atoms with Crippen molar-refractivity contribution in [3.8, 4) is 11.5 Å². The lowest BCUT2D eigenvalue weighted by Crippen LogP contribution is -2.24. The standard InChI is InChI=1S/C20H21NO3/c1-23-18-8-4-7-14(20(18)24-2)15-11-19(22)21-17-10-13-6-3-5-12(13)9-16(15)17/h4,7-10,15H,3,5-6,11H2,1-2H3,(H,21,22)/t15-/m1/s1. The first-order chi connectivity index (χ1) is 11.7. The summed E-state index contributed by atoms with van der Waals surface area (Å²) in [5.41, 5.74) is 5.92. The molecule has 1 aliphatic carbocycles. The van der Waals surface area contributed by atoms with E-state index in [1.807, 2.05) is 18.2 Å². The van der Waals surface area contributed by atoms with Crippen molar-refractivity contribution < 1.29 is 14.3 Å². The second kappa shape index (κ2) is 5.86. The average molecular weight is 323 g/mol. The fourth-order valence-electron chi connectivity index (χ4n) is 4.00. The molecule has 0 bridgehead atoms. The summed E-state index contributed by atoms with van der Waals surface area (Å²) in [5, 5.41) is 3.04. The number of para-hydroxylation sites is 1. The molecule has 124 valence electrons. The van der Waals surface area contributed by atoms with E-state index in [-0.39, 0.29) is 11.8 Å². The molecule has 2 aromatic carbocycles. The fraction of sp³-hybridized carbons (Fsp3) is 0.350. The van der Waals surface area contributed by atoms with Gasteiger partial charge in [0.15, 0.2) is 11.5 Å². The third-order valence-electron chi connectivity index (χ3n) is 5.11. The lowest BCUT2D eigenvalue weighted by Gasteiger charge is -2.28. The van der Waals surface area contributed by atoms with Crippen LogP contribution < -0.4 is 14.8 Å². The van der Waals surface area contributed by atoms with Crippen molar-refractivity contribution >= 4 is 11.6 Å². The molecule has 4 nitrogen and oxygen atoms in total. The summed E-state index contributed by atoms with van der Waals surface area (Å²) in [5.74, 6) is 1.45. The van der Waals surface area contributed by atoms with Crippen LogP contribution in [0.25, 0.3) is 0 Å². The van der Waals surface area contributed by atoms with Crippen LogP contribution in [-0.4, -0.2) is 20.1 Å². The van der Waals surface area contributed by atoms with Gasteiger partial charge < -0.3 is 14.8 Å². The lowest BCUT2D eigenvalue weighted by molar-refractivity contribution is -0.116. The third-order valence-corrected chi connectivity index (χ3v) is 5.11. The van der Waals surface area contributed by atoms with E-state index >= 15 is 0 Å². The van der Waals surface area contributed by atoms with Crippen LogP contribution in [0, 0.1) is 0 Å². The number of hydrogen-bond acceptors (Lipinski definition) is 3. The SMILES string of the molecule is COc1cccc([C@H]2CC(=O)Nc3cc4c(cc32)CCC4)c1OC. The molecule has 0 saturated heterocycles. The number of carbonyl (C=O) groups is 1. The normalized spacial score (nSPS) is 18.6. The van der Waals surface area contributed by atoms with Crippen LogP contribution in [0.15, 0.2) is 30.3 Å². The third kappa shape index (κ3) is 2.33. The minimum Gasteiger partial charge on any atom is -0.493 e. The van der Waals surface area contributed by atoms with Gasteiger partial charge in [-0.3, -0.25) is 4.79 Å². The Morgan fingerprint density at radius 2 is 1.83 bits per heavy atom. The van der Waals surface area contributed by atoms with Crippen LogP contribution in [0.5, 0.6) is 11.5 Å². The molecule has 1 N–H and O–H groups in total. The summed E-state index contributed by atoms with van der Waals surface area (Å²) >= 11 is 0. The van der Waals surface area contributed by atoms with E-state index in [0.29, 0.717) is 17.9 Å². The van der Waals surface area contributed by atoms with Gasteiger partial charge in [0.1, 0.15) is 0 Å². The molecule has 0 aromatic heterocycles. The smallest absolute Gasteiger partial charge is 0.225 e. The number of fused-ring (bicyclic) bond motifs is 2. The summed E-state index contributed by atoms with van der Waals surface area (Å²) in [6.45, 7) is 0. The molecule has 0 unspecified atom stereocenters. The van der Waals surface area contributed by atoms with Crippen molar-refractivity contribution in [1.29, 1.82) is 0 Å². The van der Waals surface area contributed by atoms with Gasteiger partial charge in [-0.2, -0.15) is 0 Å². The second-order valence-electron chi connectivity index (χ2n) is 6.45. The molecule has 1 atom stereocenters. The summed E-state index contributed by atoms with van der Waals surface area (Å²) in [6, 6.07) is 10.3. The van der Waals surface area contributed by atoms with E-state index in [9.17, 15) is 4.79 Å². The Labute approximate surface area is 141 Å². The van der Waals surface area contributed by atoms with E-state index in [4.69, 9.17) is 9.47 Å². The van der Waals surface area contributed by atoms with E-state index in [1.54, 1.807) is 14.2 Å². The Kier molecular flexibility index (Phi) is 3.68. The van der Waals surface area contributed by atoms with Gasteiger partial charge in [-0.1, -0.05) is 18.2 Å². The molecule has 2 aromatic rings. The predicted octanol–water partition coefficient (Wildman–Crippen LogP) is 3.67. The molecular weight excluding hydrogens is 302 g/mol. The number of hydrogen-bond donors (Lipinski definition) is 1. The summed E-state index contributed by atoms with van der Waals surface area (Å²) in [4.78, 5) is 12.3. The Bertz CT molecular complexity index is 813. The zero-order valence-electron chi connectivity index (χ0n) is 14.0. The Hall–Kier alpha value is -2.49. The minimum absolute atomic E-state index is 0.00954. The van der Waals surface area contributed by atoms with Crippen LogP contribution in [-0.2, 0) is 17.6 Å². The number of rotatable bonds is 3. The summed E-state index contributed by atoms with van der Waals surface area (Å²) < 4.78 is 11.0. The van der Waals surface area contributed by atoms with E-state index in [0.717, 1.165) is 24.1 Å². The highest BCUT2D eigenvalue weighted by atomic mass is 16.5. The number of methoxy groups -OCH3 is 2. The quantitative estimate of drug-likeness (QED) is 0.937. The monoisotopic (exact) mass is 323 g/mol. The van der Waals surface area contributed by atoms with Crippen LogP contribution >= 0.6 is 0 Å². The van der Waals surface area contributed by atoms with Crippen molar-refractivity contribution in [2.45, 2.75) is 31.6 Å². The maximum atomic E-state index is 12.3. The van der Waals surface area contributed by atoms with Gasteiger partial charge in [0.05, 0.1) is 14.2 Å². The van der Waals surface area contributed by atoms with Crippen LogP contribution in [0.3, 0.4) is 0 Å². The number of anilines is 1. The van der Waals surface area contributed by atoms with Crippen molar-refractivity contribution in [2.24, 2.45) is 0 Å². The first-order valence-corrected chi connectivity index (χ1v) is 8.37. The van der Waals surface area contributed by atoms with Gasteiger partial charge in [0.2, 0.25) is 5.91 Å². The Morgan fingerprint density at radius 1 is 1.04 bits per heavy atom. The minimum atomic E-state index is -0.00954. The van der Waals surface area contributed by atoms with E-state index < -0.39 is 0 Å². The highest BCUT2D eigenvalue weighted by Crippen LogP contribution is 2.45. The molecule has 1 heterocycles. The van der Waals surface area contributed by atoms with Crippen LogP contribution in [0.1, 0.15) is 41.0 Å². The van der Waals surface area contributed by atoms with Gasteiger partial charge in [0, 0.05) is 23.6 Å². The van der Waals surface area contributed by atoms with Crippen molar-refractivity contribution in [3.63, 3.8) is 0 Å². The number of benzene rings is 2. The van der Waals surface area contributed by atoms with Gasteiger partial charge >= 0.3 is 0 Å². The van der Waals surface area contributed by atoms with Gasteiger partial charge in [-0.15, -0.1) is 0 Å². The molecule has 0 fully saturated rings. The van der Waals surface area contributed by atoms with Crippen LogP contribution in [0.2, 0.25) is 0 Å². The zero-order chi connectivity index (χ0) is 16.7. The second-order valence-corrected chi connectivity index (χ2v) is 6.45. The van der Waals surface area contributed by atoms with E-state index in [1.165, 1.54) is 23.1 Å². The largest absolute Gasteiger partial charge is 0.493 e. The van der Waals surface area contributed by atoms with Crippen molar-refractivity contribution in [3.05, 3.63) is 52.6 Å². The van der Waals surface area contributed by atoms with Crippen molar-refractivity contribution in [1.82, 2.24) is 0 Å². The Morgan fingerprint density at radius 3 is 2.58 bits per heavy atom. The number of carbonyl (C=O) groups excluding carboxylic acids is 1. The highest BCUT2D eigenvalue weighted by molar-refractivity contribution is 5.95. The highest BCUT2D eigenvalue weighted by Gasteiger charge is 2.31. The number of nitrogens with one attached hydrogen (secondary N) is 1. The molecule has 1 amide bonds. The van der Waals surface area contributed by atoms with Crippen LogP contribution in [0.4, 0.5) is 5.69 Å². The number of ether oxygens (including phenoxy) is 2. The average Bonchev–Trinajstić information content (AvgIpc) is 3.05. The molecule has 4 rings (SSSR count). The molecule has 4 heteroatoms. The van der Waals surface area contributed by atoms with Gasteiger partial charge in [-0.25, -0.2) is 0 Å². The predicted molar refractivity (Wildman–Crippen MR) is 93.1 cm³/mol. The molecule has 0 radical (unpaired) electrons. The number of amides is 1. The first kappa shape index (κ1) is 15.1. The van der Waals surface area contributed by atoms with Gasteiger partial charge in [0.25, 0.3) is 0 Å². The summed E-state index contributed by atoms with van der Waals surface area (Å²) in [7, 11) is 3.28. The molecule has 0 saturated carbocycles. The lowest BCUT2D eigenvalue weighted by atomic mass is 9.82. The maximum Gasteiger partial charge on any atom is 0.225 e. The van der Waals surface area contributed by atoms with E-state index in [2.05, 4.69) is 17.4 Å². The first-order valence-electron chi connectivity index (χ1n) is 8.37. The molecule has 2 aliphatic rings. The molecule has 24 heavy (non-hydrogen) atoms. The fourth-order valence-corrected chi connectivity index (χ4v) is 4.00. The van der Waals surface area contributed by atoms with Crippen molar-refractivity contribution in [2.75, 3.05) is 19.5 Å². The van der Waals surface area contributed by atoms with Gasteiger partial charge in [-0.05, 0) is 48.1 Å². The maximum absolute atomic E-state index is 12.3. The zero-order valence-corrected chi connectivity index (χ0v) is 14.0. The molecular formula is C20H21NO3. The molecule has 0 spiro atoms. The summed E-state index contributed by atoms with van der Waals surface area (Å²) in [6.07, 6.45) is 3.85. The topological polar surface area (TPSA) is 47.6 Å². The Balaban J connectivity index is 1.87. The number of aryl methyl sites for hydroxylation is 2. The molecule has 1 aliphatic heterocycles.